The zero-order valence-electron chi connectivity index (χ0n) is 7.07. The molecule has 0 aliphatic rings. The Bertz CT molecular complexity index is 346. The number of nitrogens with zero attached hydrogens (tertiary/aromatic N) is 2. The standard InChI is InChI=1S/C8H9FN2O2/c1-3-6(9)7-5(8(12)13)4-11(2)10-7/h3-4,6H,1H2,2H3,(H,12,13). The zero-order valence-corrected chi connectivity index (χ0v) is 7.07. The van der Waals surface area contributed by atoms with Crippen molar-refractivity contribution in [3.05, 3.63) is 30.1 Å². The van der Waals surface area contributed by atoms with Gasteiger partial charge in [-0.25, -0.2) is 9.18 Å². The average molecular weight is 184 g/mol. The van der Waals surface area contributed by atoms with Gasteiger partial charge in [0.2, 0.25) is 0 Å². The number of aromatic nitrogens is 2. The summed E-state index contributed by atoms with van der Waals surface area (Å²) < 4.78 is 14.3. The molecule has 0 fully saturated rings. The van der Waals surface area contributed by atoms with Crippen LogP contribution in [0.5, 0.6) is 0 Å². The second-order valence-electron chi connectivity index (χ2n) is 2.54. The molecule has 0 spiro atoms. The van der Waals surface area contributed by atoms with Gasteiger partial charge < -0.3 is 5.11 Å². The van der Waals surface area contributed by atoms with Crippen LogP contribution >= 0.6 is 0 Å². The Morgan fingerprint density at radius 2 is 2.54 bits per heavy atom. The van der Waals surface area contributed by atoms with E-state index in [2.05, 4.69) is 11.7 Å². The molecule has 0 aromatic carbocycles. The third-order valence-corrected chi connectivity index (χ3v) is 1.56. The SMILES string of the molecule is C=CC(F)c1nn(C)cc1C(=O)O. The Morgan fingerprint density at radius 1 is 1.92 bits per heavy atom. The van der Waals surface area contributed by atoms with Crippen molar-refractivity contribution in [2.45, 2.75) is 6.17 Å². The van der Waals surface area contributed by atoms with Crippen molar-refractivity contribution in [2.75, 3.05) is 0 Å². The number of carboxylic acids is 1. The van der Waals surface area contributed by atoms with Crippen LogP contribution in [0.15, 0.2) is 18.9 Å². The van der Waals surface area contributed by atoms with Gasteiger partial charge >= 0.3 is 5.97 Å². The highest BCUT2D eigenvalue weighted by Gasteiger charge is 2.20. The maximum Gasteiger partial charge on any atom is 0.339 e. The minimum atomic E-state index is -1.53. The van der Waals surface area contributed by atoms with Gasteiger partial charge in [0.25, 0.3) is 0 Å². The fourth-order valence-electron chi connectivity index (χ4n) is 0.986. The lowest BCUT2D eigenvalue weighted by molar-refractivity contribution is 0.0694. The summed E-state index contributed by atoms with van der Waals surface area (Å²) in [6, 6.07) is 0. The molecule has 4 nitrogen and oxygen atoms in total. The van der Waals surface area contributed by atoms with Gasteiger partial charge in [-0.3, -0.25) is 4.68 Å². The Labute approximate surface area is 74.3 Å². The molecule has 1 unspecified atom stereocenters. The van der Waals surface area contributed by atoms with Crippen LogP contribution in [0.3, 0.4) is 0 Å². The zero-order chi connectivity index (χ0) is 10.0. The normalized spacial score (nSPS) is 12.5. The topological polar surface area (TPSA) is 55.1 Å². The predicted octanol–water partition coefficient (Wildman–Crippen LogP) is 1.31. The number of rotatable bonds is 3. The number of carboxylic acid groups (broad SMARTS) is 1. The molecule has 1 atom stereocenters. The number of halogens is 1. The van der Waals surface area contributed by atoms with Crippen LogP contribution in [0, 0.1) is 0 Å². The number of aryl methyl sites for hydroxylation is 1. The van der Waals surface area contributed by atoms with Crippen molar-refractivity contribution in [1.82, 2.24) is 9.78 Å². The number of aromatic carboxylic acids is 1. The predicted molar refractivity (Wildman–Crippen MR) is 44.2 cm³/mol. The Hall–Kier alpha value is -1.65. The maximum absolute atomic E-state index is 13.0. The van der Waals surface area contributed by atoms with E-state index in [1.54, 1.807) is 0 Å². The fourth-order valence-corrected chi connectivity index (χ4v) is 0.986. The van der Waals surface area contributed by atoms with E-state index in [4.69, 9.17) is 5.11 Å². The lowest BCUT2D eigenvalue weighted by atomic mass is 10.2. The van der Waals surface area contributed by atoms with Crippen LogP contribution in [0.1, 0.15) is 22.2 Å². The lowest BCUT2D eigenvalue weighted by Crippen LogP contribution is -2.01. The number of alkyl halides is 1. The van der Waals surface area contributed by atoms with E-state index < -0.39 is 12.1 Å². The van der Waals surface area contributed by atoms with Gasteiger partial charge in [-0.2, -0.15) is 5.10 Å². The molecular formula is C8H9FN2O2. The summed E-state index contributed by atoms with van der Waals surface area (Å²) in [7, 11) is 1.53. The number of hydrogen-bond donors (Lipinski definition) is 1. The van der Waals surface area contributed by atoms with Crippen molar-refractivity contribution >= 4 is 5.97 Å². The molecule has 0 bridgehead atoms. The van der Waals surface area contributed by atoms with Crippen molar-refractivity contribution < 1.29 is 14.3 Å². The molecule has 13 heavy (non-hydrogen) atoms. The van der Waals surface area contributed by atoms with Crippen LogP contribution in [-0.4, -0.2) is 20.9 Å². The quantitative estimate of drug-likeness (QED) is 0.720. The first-order valence-corrected chi connectivity index (χ1v) is 3.59. The van der Waals surface area contributed by atoms with E-state index in [0.29, 0.717) is 0 Å². The van der Waals surface area contributed by atoms with Crippen LogP contribution in [-0.2, 0) is 7.05 Å². The molecule has 0 aliphatic carbocycles. The van der Waals surface area contributed by atoms with Gasteiger partial charge in [0.05, 0.1) is 0 Å². The van der Waals surface area contributed by atoms with E-state index in [-0.39, 0.29) is 11.3 Å². The van der Waals surface area contributed by atoms with E-state index in [1.807, 2.05) is 0 Å². The van der Waals surface area contributed by atoms with Gasteiger partial charge in [-0.05, 0) is 0 Å². The van der Waals surface area contributed by atoms with Gasteiger partial charge in [0.1, 0.15) is 11.3 Å². The molecule has 1 rings (SSSR count). The number of hydrogen-bond acceptors (Lipinski definition) is 2. The monoisotopic (exact) mass is 184 g/mol. The molecule has 0 saturated carbocycles. The van der Waals surface area contributed by atoms with Gasteiger partial charge in [-0.1, -0.05) is 12.7 Å². The summed E-state index contributed by atoms with van der Waals surface area (Å²) in [6.45, 7) is 3.23. The molecule has 0 radical (unpaired) electrons. The molecule has 1 N–H and O–H groups in total. The molecule has 0 aliphatic heterocycles. The summed E-state index contributed by atoms with van der Waals surface area (Å²) in [4.78, 5) is 10.6. The smallest absolute Gasteiger partial charge is 0.339 e. The highest BCUT2D eigenvalue weighted by molar-refractivity contribution is 5.88. The molecule has 1 heterocycles. The molecule has 1 aromatic heterocycles. The van der Waals surface area contributed by atoms with Crippen molar-refractivity contribution in [3.8, 4) is 0 Å². The van der Waals surface area contributed by atoms with E-state index in [9.17, 15) is 9.18 Å². The van der Waals surface area contributed by atoms with Crippen molar-refractivity contribution in [1.29, 1.82) is 0 Å². The fraction of sp³-hybridized carbons (Fsp3) is 0.250. The third-order valence-electron chi connectivity index (χ3n) is 1.56. The molecule has 0 amide bonds. The molecular weight excluding hydrogens is 175 g/mol. The first-order chi connectivity index (χ1) is 6.06. The Morgan fingerprint density at radius 3 is 3.00 bits per heavy atom. The van der Waals surface area contributed by atoms with Crippen LogP contribution < -0.4 is 0 Å². The van der Waals surface area contributed by atoms with Gasteiger partial charge in [0, 0.05) is 13.2 Å². The maximum atomic E-state index is 13.0. The van der Waals surface area contributed by atoms with E-state index >= 15 is 0 Å². The summed E-state index contributed by atoms with van der Waals surface area (Å²) in [5, 5.41) is 12.4. The molecule has 0 saturated heterocycles. The van der Waals surface area contributed by atoms with Crippen LogP contribution in [0.4, 0.5) is 4.39 Å². The van der Waals surface area contributed by atoms with Crippen molar-refractivity contribution in [3.63, 3.8) is 0 Å². The second kappa shape index (κ2) is 3.38. The molecule has 1 aromatic rings. The largest absolute Gasteiger partial charge is 0.478 e. The highest BCUT2D eigenvalue weighted by atomic mass is 19.1. The number of carbonyl (C=O) groups is 1. The Kier molecular flexibility index (Phi) is 2.46. The first kappa shape index (κ1) is 9.44. The number of allylic oxidation sites excluding steroid dienone is 1. The summed E-state index contributed by atoms with van der Waals surface area (Å²) in [5.74, 6) is -1.19. The van der Waals surface area contributed by atoms with Gasteiger partial charge in [0.15, 0.2) is 6.17 Å². The minimum Gasteiger partial charge on any atom is -0.478 e. The summed E-state index contributed by atoms with van der Waals surface area (Å²) >= 11 is 0. The molecule has 5 heteroatoms. The minimum absolute atomic E-state index is 0.106. The van der Waals surface area contributed by atoms with Gasteiger partial charge in [-0.15, -0.1) is 0 Å². The van der Waals surface area contributed by atoms with E-state index in [1.165, 1.54) is 17.9 Å². The van der Waals surface area contributed by atoms with Crippen LogP contribution in [0.2, 0.25) is 0 Å². The summed E-state index contributed by atoms with van der Waals surface area (Å²) in [6.07, 6.45) is 0.731. The van der Waals surface area contributed by atoms with Crippen LogP contribution in [0.25, 0.3) is 0 Å². The highest BCUT2D eigenvalue weighted by Crippen LogP contribution is 2.20. The summed E-state index contributed by atoms with van der Waals surface area (Å²) in [5.41, 5.74) is -0.236. The third kappa shape index (κ3) is 1.74. The average Bonchev–Trinajstić information content (AvgIpc) is 2.46. The second-order valence-corrected chi connectivity index (χ2v) is 2.54. The van der Waals surface area contributed by atoms with E-state index in [0.717, 1.165) is 6.08 Å². The first-order valence-electron chi connectivity index (χ1n) is 3.59. The lowest BCUT2D eigenvalue weighted by Gasteiger charge is -1.98. The molecule has 70 valence electrons. The van der Waals surface area contributed by atoms with Crippen molar-refractivity contribution in [2.24, 2.45) is 7.05 Å². The Balaban J connectivity index is 3.18.